The molecule has 9 heteroatoms. The molecule has 4 rings (SSSR count). The maximum atomic E-state index is 11.7. The van der Waals surface area contributed by atoms with Gasteiger partial charge in [0.15, 0.2) is 12.0 Å². The Morgan fingerprint density at radius 1 is 1.41 bits per heavy atom. The summed E-state index contributed by atoms with van der Waals surface area (Å²) in [5, 5.41) is 25.9. The van der Waals surface area contributed by atoms with Gasteiger partial charge >= 0.3 is 6.03 Å². The van der Waals surface area contributed by atoms with Crippen molar-refractivity contribution in [2.45, 2.75) is 68.1 Å². The van der Waals surface area contributed by atoms with Crippen LogP contribution in [0.3, 0.4) is 0 Å². The van der Waals surface area contributed by atoms with Crippen LogP contribution in [-0.2, 0) is 9.47 Å². The van der Waals surface area contributed by atoms with E-state index >= 15 is 0 Å². The lowest BCUT2D eigenvalue weighted by Crippen LogP contribution is -2.64. The Bertz CT molecular complexity index is 439. The lowest BCUT2D eigenvalue weighted by atomic mass is 9.84. The van der Waals surface area contributed by atoms with E-state index in [1.54, 1.807) is 0 Å². The van der Waals surface area contributed by atoms with Crippen LogP contribution in [0.1, 0.15) is 25.7 Å². The summed E-state index contributed by atoms with van der Waals surface area (Å²) >= 11 is 0. The zero-order valence-corrected chi connectivity index (χ0v) is 12.3. The Hall–Kier alpha value is -0.970. The summed E-state index contributed by atoms with van der Waals surface area (Å²) in [5.74, 6) is 0. The number of urea groups is 1. The van der Waals surface area contributed by atoms with E-state index < -0.39 is 36.3 Å². The normalized spacial score (nSPS) is 48.5. The van der Waals surface area contributed by atoms with Gasteiger partial charge in [0.25, 0.3) is 0 Å². The largest absolute Gasteiger partial charge is 0.385 e. The Morgan fingerprint density at radius 3 is 2.91 bits per heavy atom. The Balaban J connectivity index is 1.74. The van der Waals surface area contributed by atoms with Crippen LogP contribution in [0.4, 0.5) is 4.79 Å². The number of hydrogen-bond donors (Lipinski definition) is 6. The highest BCUT2D eigenvalue weighted by molar-refractivity contribution is 5.76. The quantitative estimate of drug-likeness (QED) is 0.342. The molecule has 0 radical (unpaired) electrons. The van der Waals surface area contributed by atoms with Crippen LogP contribution in [0, 0.1) is 0 Å². The fourth-order valence-corrected chi connectivity index (χ4v) is 3.37. The second kappa shape index (κ2) is 5.91. The van der Waals surface area contributed by atoms with Gasteiger partial charge in [0.05, 0.1) is 18.2 Å². The average Bonchev–Trinajstić information content (AvgIpc) is 2.68. The van der Waals surface area contributed by atoms with Crippen molar-refractivity contribution in [3.8, 4) is 0 Å². The van der Waals surface area contributed by atoms with Gasteiger partial charge in [0.1, 0.15) is 12.2 Å². The van der Waals surface area contributed by atoms with Crippen LogP contribution in [0.25, 0.3) is 0 Å². The van der Waals surface area contributed by atoms with Gasteiger partial charge in [-0.1, -0.05) is 0 Å². The standard InChI is InChI=1S/C13H24N4O5/c14-5-6-1-2-7(15)11(21-6)22-9-8-3-4-13(20,10(9)18)17-12(19)16-8/h6-11,18,20H,1-5,14-15H2,(H2,16,17,19)/t6-,7+,8-,9+,10-,11+,13-/m0/s1. The van der Waals surface area contributed by atoms with E-state index in [1.165, 1.54) is 0 Å². The van der Waals surface area contributed by atoms with Crippen LogP contribution in [-0.4, -0.2) is 65.2 Å². The lowest BCUT2D eigenvalue weighted by molar-refractivity contribution is -0.263. The molecule has 4 aliphatic rings. The van der Waals surface area contributed by atoms with Gasteiger partial charge in [-0.3, -0.25) is 0 Å². The molecule has 0 unspecified atom stereocenters. The molecule has 2 amide bonds. The molecular weight excluding hydrogens is 292 g/mol. The van der Waals surface area contributed by atoms with E-state index in [4.69, 9.17) is 20.9 Å². The lowest BCUT2D eigenvalue weighted by Gasteiger charge is -2.44. The van der Waals surface area contributed by atoms with Gasteiger partial charge in [-0.25, -0.2) is 4.79 Å². The molecule has 9 nitrogen and oxygen atoms in total. The first-order valence-electron chi connectivity index (χ1n) is 7.68. The first kappa shape index (κ1) is 15.9. The number of amides is 2. The van der Waals surface area contributed by atoms with Crippen LogP contribution in [0.15, 0.2) is 0 Å². The summed E-state index contributed by atoms with van der Waals surface area (Å²) < 4.78 is 11.6. The van der Waals surface area contributed by atoms with Gasteiger partial charge in [-0.05, 0) is 25.7 Å². The van der Waals surface area contributed by atoms with Crippen molar-refractivity contribution >= 4 is 6.03 Å². The molecule has 2 bridgehead atoms. The zero-order chi connectivity index (χ0) is 15.9. The van der Waals surface area contributed by atoms with Crippen LogP contribution in [0.5, 0.6) is 0 Å². The van der Waals surface area contributed by atoms with Crippen molar-refractivity contribution in [3.63, 3.8) is 0 Å². The Kier molecular flexibility index (Phi) is 4.27. The van der Waals surface area contributed by atoms with E-state index in [9.17, 15) is 15.0 Å². The predicted molar refractivity (Wildman–Crippen MR) is 75.4 cm³/mol. The molecular formula is C13H24N4O5. The smallest absolute Gasteiger partial charge is 0.317 e. The average molecular weight is 316 g/mol. The monoisotopic (exact) mass is 316 g/mol. The van der Waals surface area contributed by atoms with Gasteiger partial charge in [0.2, 0.25) is 0 Å². The van der Waals surface area contributed by atoms with E-state index in [1.807, 2.05) is 0 Å². The summed E-state index contributed by atoms with van der Waals surface area (Å²) in [7, 11) is 0. The number of nitrogens with two attached hydrogens (primary N) is 2. The molecule has 0 spiro atoms. The summed E-state index contributed by atoms with van der Waals surface area (Å²) in [4.78, 5) is 11.7. The summed E-state index contributed by atoms with van der Waals surface area (Å²) in [5.41, 5.74) is 9.94. The minimum atomic E-state index is -1.70. The van der Waals surface area contributed by atoms with Crippen molar-refractivity contribution in [2.75, 3.05) is 6.54 Å². The third-order valence-corrected chi connectivity index (χ3v) is 4.73. The second-order valence-corrected chi connectivity index (χ2v) is 6.32. The van der Waals surface area contributed by atoms with Gasteiger partial charge in [-0.2, -0.15) is 0 Å². The number of carbonyl (C=O) groups is 1. The predicted octanol–water partition coefficient (Wildman–Crippen LogP) is -2.31. The minimum absolute atomic E-state index is 0.138. The number of aliphatic hydroxyl groups is 2. The molecule has 1 aliphatic carbocycles. The van der Waals surface area contributed by atoms with E-state index in [0.717, 1.165) is 6.42 Å². The van der Waals surface area contributed by atoms with Gasteiger partial charge in [-0.15, -0.1) is 0 Å². The number of nitrogens with one attached hydrogen (secondary N) is 2. The van der Waals surface area contributed by atoms with Gasteiger partial charge < -0.3 is 41.8 Å². The SMILES string of the molecule is NC[C@@H]1CC[C@@H](N)[C@@H](O[C@@H]2[C@@H]3CC[C@@](O)(NC(=O)N3)[C@H]2O)O1. The number of aliphatic hydroxyl groups excluding tert-OH is 1. The minimum Gasteiger partial charge on any atom is -0.385 e. The summed E-state index contributed by atoms with van der Waals surface area (Å²) in [6.45, 7) is 0.367. The molecule has 0 aromatic carbocycles. The van der Waals surface area contributed by atoms with E-state index in [-0.39, 0.29) is 18.6 Å². The summed E-state index contributed by atoms with van der Waals surface area (Å²) in [6.07, 6.45) is -0.725. The molecule has 3 aliphatic heterocycles. The molecule has 0 aromatic rings. The van der Waals surface area contributed by atoms with E-state index in [2.05, 4.69) is 10.6 Å². The molecule has 3 saturated heterocycles. The fourth-order valence-electron chi connectivity index (χ4n) is 3.37. The first-order chi connectivity index (χ1) is 10.4. The fraction of sp³-hybridized carbons (Fsp3) is 0.923. The molecule has 3 heterocycles. The Morgan fingerprint density at radius 2 is 2.18 bits per heavy atom. The number of carbonyl (C=O) groups excluding carboxylic acids is 1. The van der Waals surface area contributed by atoms with Crippen LogP contribution in [0.2, 0.25) is 0 Å². The second-order valence-electron chi connectivity index (χ2n) is 6.32. The highest BCUT2D eigenvalue weighted by atomic mass is 16.7. The van der Waals surface area contributed by atoms with Crippen molar-refractivity contribution in [2.24, 2.45) is 11.5 Å². The highest BCUT2D eigenvalue weighted by Gasteiger charge is 2.54. The molecule has 22 heavy (non-hydrogen) atoms. The molecule has 126 valence electrons. The van der Waals surface area contributed by atoms with Crippen LogP contribution >= 0.6 is 0 Å². The molecule has 7 atom stereocenters. The first-order valence-corrected chi connectivity index (χ1v) is 7.68. The number of hydrogen-bond acceptors (Lipinski definition) is 7. The number of rotatable bonds is 3. The number of fused-ring (bicyclic) bond motifs is 4. The molecule has 4 fully saturated rings. The van der Waals surface area contributed by atoms with Crippen molar-refractivity contribution in [1.82, 2.24) is 10.6 Å². The summed E-state index contributed by atoms with van der Waals surface area (Å²) in [6, 6.07) is -1.27. The molecule has 0 aromatic heterocycles. The Labute approximate surface area is 128 Å². The van der Waals surface area contributed by atoms with Crippen molar-refractivity contribution < 1.29 is 24.5 Å². The maximum Gasteiger partial charge on any atom is 0.317 e. The highest BCUT2D eigenvalue weighted by Crippen LogP contribution is 2.33. The molecule has 1 saturated carbocycles. The van der Waals surface area contributed by atoms with Crippen molar-refractivity contribution in [3.05, 3.63) is 0 Å². The number of ether oxygens (including phenoxy) is 2. The van der Waals surface area contributed by atoms with E-state index in [0.29, 0.717) is 19.4 Å². The van der Waals surface area contributed by atoms with Crippen molar-refractivity contribution in [1.29, 1.82) is 0 Å². The zero-order valence-electron chi connectivity index (χ0n) is 12.3. The molecule has 8 N–H and O–H groups in total. The van der Waals surface area contributed by atoms with Crippen LogP contribution < -0.4 is 22.1 Å². The topological polar surface area (TPSA) is 152 Å². The third-order valence-electron chi connectivity index (χ3n) is 4.73. The third kappa shape index (κ3) is 2.80. The maximum absolute atomic E-state index is 11.7. The van der Waals surface area contributed by atoms with Gasteiger partial charge in [0, 0.05) is 6.54 Å².